The van der Waals surface area contributed by atoms with E-state index in [0.29, 0.717) is 12.8 Å². The van der Waals surface area contributed by atoms with Crippen LogP contribution in [0.3, 0.4) is 0 Å². The number of aliphatic hydroxyl groups is 2. The van der Waals surface area contributed by atoms with E-state index in [0.717, 1.165) is 12.8 Å². The van der Waals surface area contributed by atoms with Crippen LogP contribution in [-0.2, 0) is 4.79 Å². The second-order valence-electron chi connectivity index (χ2n) is 4.87. The Morgan fingerprint density at radius 1 is 1.00 bits per heavy atom. The summed E-state index contributed by atoms with van der Waals surface area (Å²) in [7, 11) is 0. The molecule has 0 aromatic carbocycles. The molecule has 0 aromatic heterocycles. The molecule has 2 N–H and O–H groups in total. The zero-order valence-corrected chi connectivity index (χ0v) is 12.6. The molecule has 0 unspecified atom stereocenters. The summed E-state index contributed by atoms with van der Waals surface area (Å²) in [6.45, 7) is 3.90. The Hall–Kier alpha value is -1.29. The third kappa shape index (κ3) is 10.6. The predicted molar refractivity (Wildman–Crippen MR) is 80.9 cm³/mol. The molecule has 3 heteroatoms. The van der Waals surface area contributed by atoms with Gasteiger partial charge in [0.15, 0.2) is 0 Å². The van der Waals surface area contributed by atoms with E-state index in [1.165, 1.54) is 19.3 Å². The first kappa shape index (κ1) is 18.7. The Morgan fingerprint density at radius 3 is 2.35 bits per heavy atom. The van der Waals surface area contributed by atoms with Crippen LogP contribution in [0.4, 0.5) is 0 Å². The van der Waals surface area contributed by atoms with Gasteiger partial charge in [-0.15, -0.1) is 0 Å². The van der Waals surface area contributed by atoms with Gasteiger partial charge < -0.3 is 10.2 Å². The fraction of sp³-hybridized carbons (Fsp3) is 0.706. The standard InChI is InChI=1S/C17H26O3/c1-3-5-6-7-10-13-16(19)17(20)14-11-8-9-12-15(18)4-2/h16-17,19-20H,3-7,10,13-14H2,1-2H3/t16-,17+/m0/s1. The van der Waals surface area contributed by atoms with Crippen molar-refractivity contribution in [2.45, 2.75) is 77.4 Å². The summed E-state index contributed by atoms with van der Waals surface area (Å²) < 4.78 is 0. The Labute approximate surface area is 122 Å². The van der Waals surface area contributed by atoms with Gasteiger partial charge in [0.25, 0.3) is 0 Å². The van der Waals surface area contributed by atoms with Crippen LogP contribution in [0.15, 0.2) is 0 Å². The fourth-order valence-corrected chi connectivity index (χ4v) is 1.67. The first-order chi connectivity index (χ1) is 9.61. The number of rotatable bonds is 9. The topological polar surface area (TPSA) is 57.5 Å². The van der Waals surface area contributed by atoms with Crippen molar-refractivity contribution in [3.63, 3.8) is 0 Å². The van der Waals surface area contributed by atoms with E-state index >= 15 is 0 Å². The Kier molecular flexibility index (Phi) is 11.9. The van der Waals surface area contributed by atoms with E-state index in [2.05, 4.69) is 30.6 Å². The molecule has 0 aliphatic heterocycles. The highest BCUT2D eigenvalue weighted by Gasteiger charge is 2.14. The van der Waals surface area contributed by atoms with Crippen molar-refractivity contribution >= 4 is 5.78 Å². The summed E-state index contributed by atoms with van der Waals surface area (Å²) in [5.41, 5.74) is 0. The largest absolute Gasteiger partial charge is 0.390 e. The second kappa shape index (κ2) is 12.7. The molecule has 20 heavy (non-hydrogen) atoms. The van der Waals surface area contributed by atoms with Gasteiger partial charge in [-0.05, 0) is 24.2 Å². The van der Waals surface area contributed by atoms with Gasteiger partial charge in [0.2, 0.25) is 5.78 Å². The molecule has 2 atom stereocenters. The van der Waals surface area contributed by atoms with E-state index in [4.69, 9.17) is 0 Å². The van der Waals surface area contributed by atoms with Crippen LogP contribution >= 0.6 is 0 Å². The number of hydrogen-bond donors (Lipinski definition) is 2. The number of Topliss-reactive ketones (excluding diaryl/α,β-unsaturated/α-hetero) is 1. The van der Waals surface area contributed by atoms with Gasteiger partial charge in [-0.3, -0.25) is 4.79 Å². The molecule has 3 nitrogen and oxygen atoms in total. The summed E-state index contributed by atoms with van der Waals surface area (Å²) >= 11 is 0. The van der Waals surface area contributed by atoms with E-state index in [9.17, 15) is 15.0 Å². The molecule has 0 bridgehead atoms. The number of carbonyl (C=O) groups excluding carboxylic acids is 1. The smallest absolute Gasteiger partial charge is 0.206 e. The quantitative estimate of drug-likeness (QED) is 0.387. The van der Waals surface area contributed by atoms with Crippen LogP contribution in [0, 0.1) is 23.7 Å². The SMILES string of the molecule is CCCCCCC[C@H](O)[C@H](O)CC#CC#CC(=O)CC. The monoisotopic (exact) mass is 278 g/mol. The molecule has 0 spiro atoms. The van der Waals surface area contributed by atoms with Gasteiger partial charge >= 0.3 is 0 Å². The summed E-state index contributed by atoms with van der Waals surface area (Å²) in [5.74, 6) is 9.87. The van der Waals surface area contributed by atoms with Crippen LogP contribution in [0.2, 0.25) is 0 Å². The average Bonchev–Trinajstić information content (AvgIpc) is 2.45. The lowest BCUT2D eigenvalue weighted by atomic mass is 10.0. The van der Waals surface area contributed by atoms with Crippen LogP contribution in [0.1, 0.15) is 65.2 Å². The zero-order chi connectivity index (χ0) is 15.2. The summed E-state index contributed by atoms with van der Waals surface area (Å²) in [4.78, 5) is 10.9. The van der Waals surface area contributed by atoms with Crippen molar-refractivity contribution in [1.29, 1.82) is 0 Å². The van der Waals surface area contributed by atoms with Gasteiger partial charge in [-0.25, -0.2) is 0 Å². The molecule has 0 saturated heterocycles. The molecule has 0 aliphatic carbocycles. The molecular weight excluding hydrogens is 252 g/mol. The first-order valence-corrected chi connectivity index (χ1v) is 7.49. The fourth-order valence-electron chi connectivity index (χ4n) is 1.67. The van der Waals surface area contributed by atoms with Gasteiger partial charge in [0, 0.05) is 12.8 Å². The maximum absolute atomic E-state index is 10.9. The molecule has 112 valence electrons. The van der Waals surface area contributed by atoms with Crippen LogP contribution < -0.4 is 0 Å². The summed E-state index contributed by atoms with van der Waals surface area (Å²) in [6, 6.07) is 0. The highest BCUT2D eigenvalue weighted by molar-refractivity contribution is 5.95. The van der Waals surface area contributed by atoms with Crippen molar-refractivity contribution in [1.82, 2.24) is 0 Å². The van der Waals surface area contributed by atoms with Gasteiger partial charge in [-0.1, -0.05) is 51.9 Å². The van der Waals surface area contributed by atoms with Gasteiger partial charge in [-0.2, -0.15) is 0 Å². The predicted octanol–water partition coefficient (Wildman–Crippen LogP) is 2.44. The van der Waals surface area contributed by atoms with E-state index in [1.807, 2.05) is 0 Å². The lowest BCUT2D eigenvalue weighted by Crippen LogP contribution is -2.25. The molecule has 0 radical (unpaired) electrons. The lowest BCUT2D eigenvalue weighted by molar-refractivity contribution is -0.113. The lowest BCUT2D eigenvalue weighted by Gasteiger charge is -2.15. The van der Waals surface area contributed by atoms with Crippen molar-refractivity contribution < 1.29 is 15.0 Å². The van der Waals surface area contributed by atoms with Gasteiger partial charge in [0.05, 0.1) is 12.2 Å². The molecule has 0 fully saturated rings. The van der Waals surface area contributed by atoms with Crippen LogP contribution in [0.5, 0.6) is 0 Å². The minimum absolute atomic E-state index is 0.146. The highest BCUT2D eigenvalue weighted by Crippen LogP contribution is 2.10. The molecule has 0 amide bonds. The number of carbonyl (C=O) groups is 1. The zero-order valence-electron chi connectivity index (χ0n) is 12.6. The average molecular weight is 278 g/mol. The summed E-state index contributed by atoms with van der Waals surface area (Å²) in [6.07, 6.45) is 5.23. The Morgan fingerprint density at radius 2 is 1.70 bits per heavy atom. The maximum atomic E-state index is 10.9. The second-order valence-corrected chi connectivity index (χ2v) is 4.87. The normalized spacial score (nSPS) is 12.6. The van der Waals surface area contributed by atoms with E-state index in [-0.39, 0.29) is 12.2 Å². The van der Waals surface area contributed by atoms with E-state index < -0.39 is 12.2 Å². The molecule has 0 heterocycles. The van der Waals surface area contributed by atoms with Crippen molar-refractivity contribution in [3.05, 3.63) is 0 Å². The minimum atomic E-state index is -0.836. The Bertz CT molecular complexity index is 379. The van der Waals surface area contributed by atoms with Gasteiger partial charge in [0.1, 0.15) is 0 Å². The summed E-state index contributed by atoms with van der Waals surface area (Å²) in [5, 5.41) is 19.5. The number of aliphatic hydroxyl groups excluding tert-OH is 2. The van der Waals surface area contributed by atoms with Crippen LogP contribution in [-0.4, -0.2) is 28.2 Å². The number of hydrogen-bond acceptors (Lipinski definition) is 3. The maximum Gasteiger partial charge on any atom is 0.206 e. The first-order valence-electron chi connectivity index (χ1n) is 7.49. The van der Waals surface area contributed by atoms with Crippen molar-refractivity contribution in [3.8, 4) is 23.7 Å². The third-order valence-corrected chi connectivity index (χ3v) is 3.03. The highest BCUT2D eigenvalue weighted by atomic mass is 16.3. The molecule has 0 aromatic rings. The third-order valence-electron chi connectivity index (χ3n) is 3.03. The number of ketones is 1. The molecule has 0 saturated carbocycles. The van der Waals surface area contributed by atoms with E-state index in [1.54, 1.807) is 6.92 Å². The minimum Gasteiger partial charge on any atom is -0.390 e. The number of unbranched alkanes of at least 4 members (excludes halogenated alkanes) is 4. The van der Waals surface area contributed by atoms with Crippen molar-refractivity contribution in [2.24, 2.45) is 0 Å². The molecular formula is C17H26O3. The molecule has 0 aliphatic rings. The Balaban J connectivity index is 3.84. The van der Waals surface area contributed by atoms with Crippen molar-refractivity contribution in [2.75, 3.05) is 0 Å². The molecule has 0 rings (SSSR count). The van der Waals surface area contributed by atoms with Crippen LogP contribution in [0.25, 0.3) is 0 Å².